The summed E-state index contributed by atoms with van der Waals surface area (Å²) in [5.74, 6) is 0.624. The highest BCUT2D eigenvalue weighted by atomic mass is 32.1. The van der Waals surface area contributed by atoms with Gasteiger partial charge in [0.1, 0.15) is 0 Å². The predicted molar refractivity (Wildman–Crippen MR) is 92.3 cm³/mol. The molecular weight excluding hydrogens is 278 g/mol. The molecule has 1 aliphatic carbocycles. The quantitative estimate of drug-likeness (QED) is 0.701. The minimum atomic E-state index is 0.497. The van der Waals surface area contributed by atoms with Crippen LogP contribution in [0.3, 0.4) is 0 Å². The van der Waals surface area contributed by atoms with Crippen LogP contribution in [0.1, 0.15) is 67.3 Å². The molecule has 21 heavy (non-hydrogen) atoms. The van der Waals surface area contributed by atoms with Crippen molar-refractivity contribution in [1.29, 1.82) is 0 Å². The monoisotopic (exact) mass is 309 g/mol. The zero-order chi connectivity index (χ0) is 15.1. The van der Waals surface area contributed by atoms with Gasteiger partial charge in [-0.25, -0.2) is 0 Å². The summed E-state index contributed by atoms with van der Waals surface area (Å²) in [7, 11) is 1.80. The molecule has 0 spiro atoms. The Hall–Kier alpha value is -0.380. The van der Waals surface area contributed by atoms with Crippen LogP contribution in [-0.2, 0) is 17.6 Å². The van der Waals surface area contributed by atoms with E-state index >= 15 is 0 Å². The van der Waals surface area contributed by atoms with E-state index < -0.39 is 0 Å². The highest BCUT2D eigenvalue weighted by Gasteiger charge is 2.22. The number of nitrogens with one attached hydrogen (secondary N) is 1. The minimum absolute atomic E-state index is 0.497. The molecule has 2 rings (SSSR count). The lowest BCUT2D eigenvalue weighted by atomic mass is 9.96. The van der Waals surface area contributed by atoms with Gasteiger partial charge in [-0.15, -0.1) is 11.3 Å². The highest BCUT2D eigenvalue weighted by Crippen LogP contribution is 2.35. The lowest BCUT2D eigenvalue weighted by molar-refractivity contribution is 0.170. The Labute approximate surface area is 134 Å². The fraction of sp³-hybridized carbons (Fsp3) is 0.778. The van der Waals surface area contributed by atoms with E-state index in [1.54, 1.807) is 22.4 Å². The summed E-state index contributed by atoms with van der Waals surface area (Å²) in [5, 5.41) is 3.77. The molecule has 1 aromatic rings. The second kappa shape index (κ2) is 8.92. The smallest absolute Gasteiger partial charge is 0.0465 e. The van der Waals surface area contributed by atoms with Crippen molar-refractivity contribution in [2.75, 3.05) is 20.3 Å². The van der Waals surface area contributed by atoms with E-state index in [9.17, 15) is 0 Å². The summed E-state index contributed by atoms with van der Waals surface area (Å²) in [5.41, 5.74) is 1.63. The number of thiophene rings is 1. The SMILES string of the molecule is CCCNC(c1cc2c(s1)CCCCC2)C(C)CCOC. The maximum Gasteiger partial charge on any atom is 0.0465 e. The van der Waals surface area contributed by atoms with Gasteiger partial charge in [-0.1, -0.05) is 20.3 Å². The zero-order valence-corrected chi connectivity index (χ0v) is 14.7. The zero-order valence-electron chi connectivity index (χ0n) is 13.9. The normalized spacial score (nSPS) is 18.0. The average molecular weight is 310 g/mol. The van der Waals surface area contributed by atoms with Crippen LogP contribution < -0.4 is 5.32 Å². The van der Waals surface area contributed by atoms with Gasteiger partial charge in [0.15, 0.2) is 0 Å². The van der Waals surface area contributed by atoms with Crippen LogP contribution in [0.15, 0.2) is 6.07 Å². The van der Waals surface area contributed by atoms with Crippen molar-refractivity contribution >= 4 is 11.3 Å². The molecule has 0 aromatic carbocycles. The third kappa shape index (κ3) is 4.80. The molecule has 0 saturated carbocycles. The van der Waals surface area contributed by atoms with Crippen LogP contribution in [0.25, 0.3) is 0 Å². The number of aryl methyl sites for hydroxylation is 2. The van der Waals surface area contributed by atoms with Crippen molar-refractivity contribution in [3.05, 3.63) is 21.4 Å². The van der Waals surface area contributed by atoms with E-state index in [0.717, 1.165) is 19.6 Å². The Balaban J connectivity index is 2.11. The van der Waals surface area contributed by atoms with Gasteiger partial charge in [-0.05, 0) is 62.6 Å². The van der Waals surface area contributed by atoms with Crippen molar-refractivity contribution in [3.8, 4) is 0 Å². The maximum atomic E-state index is 5.28. The molecule has 1 heterocycles. The molecule has 1 N–H and O–H groups in total. The molecule has 1 aliphatic rings. The molecule has 0 bridgehead atoms. The molecule has 0 amide bonds. The topological polar surface area (TPSA) is 21.3 Å². The second-order valence-corrected chi connectivity index (χ2v) is 7.52. The molecule has 3 heteroatoms. The number of rotatable bonds is 8. The fourth-order valence-electron chi connectivity index (χ4n) is 3.20. The first kappa shape index (κ1) is 17.0. The average Bonchev–Trinajstić information content (AvgIpc) is 2.76. The van der Waals surface area contributed by atoms with Gasteiger partial charge in [-0.2, -0.15) is 0 Å². The van der Waals surface area contributed by atoms with Crippen LogP contribution in [0, 0.1) is 5.92 Å². The Morgan fingerprint density at radius 3 is 2.86 bits per heavy atom. The van der Waals surface area contributed by atoms with E-state index in [0.29, 0.717) is 12.0 Å². The van der Waals surface area contributed by atoms with Crippen molar-refractivity contribution in [1.82, 2.24) is 5.32 Å². The van der Waals surface area contributed by atoms with E-state index in [4.69, 9.17) is 4.74 Å². The van der Waals surface area contributed by atoms with Crippen molar-refractivity contribution in [2.45, 2.75) is 64.8 Å². The van der Waals surface area contributed by atoms with Crippen molar-refractivity contribution in [3.63, 3.8) is 0 Å². The van der Waals surface area contributed by atoms with E-state index in [2.05, 4.69) is 36.6 Å². The van der Waals surface area contributed by atoms with Gasteiger partial charge in [0.05, 0.1) is 0 Å². The number of ether oxygens (including phenoxy) is 1. The van der Waals surface area contributed by atoms with Gasteiger partial charge in [-0.3, -0.25) is 0 Å². The molecule has 0 saturated heterocycles. The van der Waals surface area contributed by atoms with E-state index in [1.807, 2.05) is 0 Å². The highest BCUT2D eigenvalue weighted by molar-refractivity contribution is 7.12. The second-order valence-electron chi connectivity index (χ2n) is 6.35. The molecule has 0 aliphatic heterocycles. The first-order valence-corrected chi connectivity index (χ1v) is 9.41. The van der Waals surface area contributed by atoms with Gasteiger partial charge in [0.2, 0.25) is 0 Å². The van der Waals surface area contributed by atoms with Crippen LogP contribution in [0.5, 0.6) is 0 Å². The Kier molecular flexibility index (Phi) is 7.21. The first-order valence-electron chi connectivity index (χ1n) is 8.60. The van der Waals surface area contributed by atoms with Gasteiger partial charge < -0.3 is 10.1 Å². The minimum Gasteiger partial charge on any atom is -0.385 e. The van der Waals surface area contributed by atoms with Crippen LogP contribution in [-0.4, -0.2) is 20.3 Å². The molecule has 2 atom stereocenters. The molecule has 2 unspecified atom stereocenters. The maximum absolute atomic E-state index is 5.28. The molecule has 0 fully saturated rings. The lowest BCUT2D eigenvalue weighted by Crippen LogP contribution is -2.27. The van der Waals surface area contributed by atoms with Crippen molar-refractivity contribution in [2.24, 2.45) is 5.92 Å². The molecule has 1 aromatic heterocycles. The summed E-state index contributed by atoms with van der Waals surface area (Å²) in [6, 6.07) is 3.00. The Morgan fingerprint density at radius 2 is 2.10 bits per heavy atom. The summed E-state index contributed by atoms with van der Waals surface area (Å²) < 4.78 is 5.28. The predicted octanol–water partition coefficient (Wildman–Crippen LogP) is 4.73. The van der Waals surface area contributed by atoms with Crippen LogP contribution >= 0.6 is 11.3 Å². The lowest BCUT2D eigenvalue weighted by Gasteiger charge is -2.24. The van der Waals surface area contributed by atoms with E-state index in [-0.39, 0.29) is 0 Å². The number of methoxy groups -OCH3 is 1. The van der Waals surface area contributed by atoms with E-state index in [1.165, 1.54) is 38.5 Å². The molecule has 120 valence electrons. The van der Waals surface area contributed by atoms with Gasteiger partial charge >= 0.3 is 0 Å². The summed E-state index contributed by atoms with van der Waals surface area (Å²) >= 11 is 2.07. The molecular formula is C18H31NOS. The summed E-state index contributed by atoms with van der Waals surface area (Å²) in [6.45, 7) is 6.56. The Bertz CT molecular complexity index is 392. The van der Waals surface area contributed by atoms with Crippen molar-refractivity contribution < 1.29 is 4.74 Å². The fourth-order valence-corrected chi connectivity index (χ4v) is 4.66. The number of hydrogen-bond acceptors (Lipinski definition) is 3. The standard InChI is InChI=1S/C18H31NOS/c1-4-11-19-18(14(2)10-12-20-3)17-13-15-8-6-5-7-9-16(15)21-17/h13-14,18-19H,4-12H2,1-3H3. The molecule has 0 radical (unpaired) electrons. The Morgan fingerprint density at radius 1 is 1.29 bits per heavy atom. The first-order chi connectivity index (χ1) is 10.3. The number of hydrogen-bond donors (Lipinski definition) is 1. The summed E-state index contributed by atoms with van der Waals surface area (Å²) in [6.07, 6.45) is 9.05. The third-order valence-corrected chi connectivity index (χ3v) is 5.85. The van der Waals surface area contributed by atoms with Gasteiger partial charge in [0, 0.05) is 29.5 Å². The van der Waals surface area contributed by atoms with Crippen LogP contribution in [0.4, 0.5) is 0 Å². The van der Waals surface area contributed by atoms with Gasteiger partial charge in [0.25, 0.3) is 0 Å². The summed E-state index contributed by atoms with van der Waals surface area (Å²) in [4.78, 5) is 3.21. The largest absolute Gasteiger partial charge is 0.385 e. The third-order valence-electron chi connectivity index (χ3n) is 4.53. The molecule has 2 nitrogen and oxygen atoms in total. The number of fused-ring (bicyclic) bond motifs is 1. The van der Waals surface area contributed by atoms with Crippen LogP contribution in [0.2, 0.25) is 0 Å².